The van der Waals surface area contributed by atoms with E-state index in [-0.39, 0.29) is 12.0 Å². The molecule has 0 bridgehead atoms. The minimum Gasteiger partial charge on any atom is -0.467 e. The van der Waals surface area contributed by atoms with Crippen molar-refractivity contribution in [1.82, 2.24) is 9.55 Å². The Bertz CT molecular complexity index is 505. The number of rotatable bonds is 3. The second kappa shape index (κ2) is 4.82. The number of nitrogens with zero attached hydrogens (tertiary/aromatic N) is 2. The third-order valence-electron chi connectivity index (χ3n) is 2.66. The lowest BCUT2D eigenvalue weighted by atomic mass is 10.2. The van der Waals surface area contributed by atoms with E-state index in [4.69, 9.17) is 4.74 Å². The number of benzene rings is 1. The molecule has 0 aliphatic heterocycles. The fourth-order valence-electron chi connectivity index (χ4n) is 1.72. The summed E-state index contributed by atoms with van der Waals surface area (Å²) in [6.07, 6.45) is 3.46. The monoisotopic (exact) mass is 230 g/mol. The number of hydrogen-bond donors (Lipinski definition) is 0. The van der Waals surface area contributed by atoms with Gasteiger partial charge in [-0.2, -0.15) is 0 Å². The summed E-state index contributed by atoms with van der Waals surface area (Å²) < 4.78 is 6.55. The zero-order valence-electron chi connectivity index (χ0n) is 9.83. The number of hydrogen-bond acceptors (Lipinski definition) is 3. The Hall–Kier alpha value is -2.10. The number of carbonyl (C=O) groups is 1. The van der Waals surface area contributed by atoms with Crippen LogP contribution in [0.1, 0.15) is 13.0 Å². The van der Waals surface area contributed by atoms with Gasteiger partial charge < -0.3 is 9.30 Å². The fraction of sp³-hybridized carbons (Fsp3) is 0.231. The summed E-state index contributed by atoms with van der Waals surface area (Å²) in [5.74, 6) is 0.490. The first-order chi connectivity index (χ1) is 8.24. The van der Waals surface area contributed by atoms with E-state index in [0.717, 1.165) is 11.4 Å². The van der Waals surface area contributed by atoms with Crippen LogP contribution in [-0.4, -0.2) is 22.6 Å². The van der Waals surface area contributed by atoms with Gasteiger partial charge >= 0.3 is 5.97 Å². The molecule has 0 N–H and O–H groups in total. The first-order valence-corrected chi connectivity index (χ1v) is 5.40. The van der Waals surface area contributed by atoms with Gasteiger partial charge in [-0.3, -0.25) is 0 Å². The minimum atomic E-state index is -0.377. The van der Waals surface area contributed by atoms with Crippen LogP contribution in [0.25, 0.3) is 11.4 Å². The molecule has 1 aromatic carbocycles. The fourth-order valence-corrected chi connectivity index (χ4v) is 1.72. The van der Waals surface area contributed by atoms with Crippen molar-refractivity contribution in [3.8, 4) is 11.4 Å². The van der Waals surface area contributed by atoms with Crippen LogP contribution in [0.3, 0.4) is 0 Å². The molecular weight excluding hydrogens is 216 g/mol. The van der Waals surface area contributed by atoms with E-state index in [1.54, 1.807) is 23.9 Å². The molecule has 1 heterocycles. The quantitative estimate of drug-likeness (QED) is 0.760. The maximum absolute atomic E-state index is 11.5. The molecule has 0 saturated carbocycles. The maximum Gasteiger partial charge on any atom is 0.328 e. The molecular formula is C13H14N2O2. The van der Waals surface area contributed by atoms with Gasteiger partial charge in [0.15, 0.2) is 0 Å². The average molecular weight is 230 g/mol. The van der Waals surface area contributed by atoms with Crippen LogP contribution in [0.4, 0.5) is 0 Å². The van der Waals surface area contributed by atoms with Gasteiger partial charge in [-0.15, -0.1) is 0 Å². The van der Waals surface area contributed by atoms with Gasteiger partial charge in [-0.05, 0) is 6.92 Å². The van der Waals surface area contributed by atoms with Gasteiger partial charge in [0.1, 0.15) is 11.9 Å². The molecule has 2 rings (SSSR count). The summed E-state index contributed by atoms with van der Waals surface area (Å²) >= 11 is 0. The molecule has 0 aliphatic carbocycles. The molecule has 88 valence electrons. The smallest absolute Gasteiger partial charge is 0.328 e. The van der Waals surface area contributed by atoms with E-state index in [1.165, 1.54) is 7.11 Å². The topological polar surface area (TPSA) is 44.1 Å². The van der Waals surface area contributed by atoms with Gasteiger partial charge in [0.05, 0.1) is 7.11 Å². The number of ether oxygens (including phenoxy) is 1. The first-order valence-electron chi connectivity index (χ1n) is 5.40. The van der Waals surface area contributed by atoms with Crippen molar-refractivity contribution < 1.29 is 9.53 Å². The van der Waals surface area contributed by atoms with Gasteiger partial charge in [-0.25, -0.2) is 9.78 Å². The summed E-state index contributed by atoms with van der Waals surface area (Å²) in [6.45, 7) is 1.79. The van der Waals surface area contributed by atoms with Crippen LogP contribution in [0.2, 0.25) is 0 Å². The first kappa shape index (κ1) is 11.4. The molecule has 0 unspecified atom stereocenters. The summed E-state index contributed by atoms with van der Waals surface area (Å²) in [6, 6.07) is 9.37. The number of esters is 1. The largest absolute Gasteiger partial charge is 0.467 e. The lowest BCUT2D eigenvalue weighted by Crippen LogP contribution is -2.18. The molecule has 0 fully saturated rings. The van der Waals surface area contributed by atoms with Crippen LogP contribution in [0.15, 0.2) is 42.7 Å². The van der Waals surface area contributed by atoms with E-state index < -0.39 is 0 Å². The summed E-state index contributed by atoms with van der Waals surface area (Å²) in [5, 5.41) is 0. The SMILES string of the molecule is COC(=O)[C@H](C)n1ccnc1-c1ccccc1. The van der Waals surface area contributed by atoms with Gasteiger partial charge in [-0.1, -0.05) is 30.3 Å². The molecule has 1 aromatic heterocycles. The molecule has 1 atom stereocenters. The van der Waals surface area contributed by atoms with Crippen molar-refractivity contribution in [3.05, 3.63) is 42.7 Å². The molecule has 4 heteroatoms. The Morgan fingerprint density at radius 2 is 2.06 bits per heavy atom. The van der Waals surface area contributed by atoms with E-state index >= 15 is 0 Å². The molecule has 17 heavy (non-hydrogen) atoms. The van der Waals surface area contributed by atoms with Gasteiger partial charge in [0.25, 0.3) is 0 Å². The zero-order chi connectivity index (χ0) is 12.3. The summed E-state index contributed by atoms with van der Waals surface area (Å²) in [5.41, 5.74) is 0.980. The van der Waals surface area contributed by atoms with E-state index in [2.05, 4.69) is 4.98 Å². The predicted molar refractivity (Wildman–Crippen MR) is 64.4 cm³/mol. The van der Waals surface area contributed by atoms with E-state index in [1.807, 2.05) is 30.3 Å². The van der Waals surface area contributed by atoms with Crippen molar-refractivity contribution >= 4 is 5.97 Å². The van der Waals surface area contributed by atoms with Crippen molar-refractivity contribution in [1.29, 1.82) is 0 Å². The molecule has 0 spiro atoms. The Labute approximate surface area is 99.9 Å². The molecule has 2 aromatic rings. The molecule has 0 saturated heterocycles. The molecule has 0 aliphatic rings. The van der Waals surface area contributed by atoms with Crippen molar-refractivity contribution in [3.63, 3.8) is 0 Å². The van der Waals surface area contributed by atoms with E-state index in [0.29, 0.717) is 0 Å². The Balaban J connectivity index is 2.39. The highest BCUT2D eigenvalue weighted by Gasteiger charge is 2.18. The predicted octanol–water partition coefficient (Wildman–Crippen LogP) is 2.28. The van der Waals surface area contributed by atoms with Crippen LogP contribution >= 0.6 is 0 Å². The third kappa shape index (κ3) is 2.20. The normalized spacial score (nSPS) is 12.1. The third-order valence-corrected chi connectivity index (χ3v) is 2.66. The summed E-state index contributed by atoms with van der Waals surface area (Å²) in [7, 11) is 1.39. The van der Waals surface area contributed by atoms with Crippen LogP contribution in [0, 0.1) is 0 Å². The minimum absolute atomic E-state index is 0.278. The van der Waals surface area contributed by atoms with E-state index in [9.17, 15) is 4.79 Å². The second-order valence-corrected chi connectivity index (χ2v) is 3.72. The second-order valence-electron chi connectivity index (χ2n) is 3.72. The number of imidazole rings is 1. The van der Waals surface area contributed by atoms with Gasteiger partial charge in [0, 0.05) is 18.0 Å². The average Bonchev–Trinajstić information content (AvgIpc) is 2.87. The zero-order valence-corrected chi connectivity index (χ0v) is 9.83. The van der Waals surface area contributed by atoms with Crippen molar-refractivity contribution in [2.45, 2.75) is 13.0 Å². The Morgan fingerprint density at radius 3 is 2.71 bits per heavy atom. The van der Waals surface area contributed by atoms with Crippen LogP contribution < -0.4 is 0 Å². The maximum atomic E-state index is 11.5. The molecule has 0 amide bonds. The van der Waals surface area contributed by atoms with Crippen molar-refractivity contribution in [2.75, 3.05) is 7.11 Å². The van der Waals surface area contributed by atoms with Crippen LogP contribution in [0.5, 0.6) is 0 Å². The number of carbonyl (C=O) groups excluding carboxylic acids is 1. The molecule has 0 radical (unpaired) electrons. The van der Waals surface area contributed by atoms with Crippen LogP contribution in [-0.2, 0) is 9.53 Å². The van der Waals surface area contributed by atoms with Crippen molar-refractivity contribution in [2.24, 2.45) is 0 Å². The molecule has 4 nitrogen and oxygen atoms in total. The Kier molecular flexibility index (Phi) is 3.23. The highest BCUT2D eigenvalue weighted by molar-refractivity contribution is 5.74. The highest BCUT2D eigenvalue weighted by Crippen LogP contribution is 2.21. The Morgan fingerprint density at radius 1 is 1.35 bits per heavy atom. The lowest BCUT2D eigenvalue weighted by Gasteiger charge is -2.13. The number of methoxy groups -OCH3 is 1. The summed E-state index contributed by atoms with van der Waals surface area (Å²) in [4.78, 5) is 15.8. The highest BCUT2D eigenvalue weighted by atomic mass is 16.5. The number of aromatic nitrogens is 2. The van der Waals surface area contributed by atoms with Gasteiger partial charge in [0.2, 0.25) is 0 Å². The standard InChI is InChI=1S/C13H14N2O2/c1-10(13(16)17-2)15-9-8-14-12(15)11-6-4-3-5-7-11/h3-10H,1-2H3/t10-/m0/s1. The lowest BCUT2D eigenvalue weighted by molar-refractivity contribution is -0.143.